The number of thioether (sulfide) groups is 1. The molecule has 0 aliphatic heterocycles. The number of amides is 1. The number of aromatic nitrogens is 4. The second kappa shape index (κ2) is 7.77. The lowest BCUT2D eigenvalue weighted by atomic mass is 10.2. The zero-order valence-electron chi connectivity index (χ0n) is 15.4. The molecule has 4 rings (SSSR count). The summed E-state index contributed by atoms with van der Waals surface area (Å²) in [4.78, 5) is 17.1. The fourth-order valence-electron chi connectivity index (χ4n) is 2.98. The van der Waals surface area contributed by atoms with Gasteiger partial charge in [0.2, 0.25) is 5.91 Å². The molecule has 8 heteroatoms. The summed E-state index contributed by atoms with van der Waals surface area (Å²) in [7, 11) is 0. The van der Waals surface area contributed by atoms with Crippen LogP contribution >= 0.6 is 23.4 Å². The Morgan fingerprint density at radius 1 is 1.21 bits per heavy atom. The number of hydrogen-bond donors (Lipinski definition) is 1. The molecule has 1 N–H and O–H groups in total. The van der Waals surface area contributed by atoms with Crippen molar-refractivity contribution in [2.75, 3.05) is 11.1 Å². The molecule has 1 amide bonds. The third kappa shape index (κ3) is 3.55. The molecular formula is C20H18ClN5OS. The van der Waals surface area contributed by atoms with Gasteiger partial charge in [-0.2, -0.15) is 0 Å². The summed E-state index contributed by atoms with van der Waals surface area (Å²) >= 11 is 7.53. The first kappa shape index (κ1) is 18.7. The number of para-hydroxylation sites is 2. The van der Waals surface area contributed by atoms with Crippen LogP contribution in [0.3, 0.4) is 0 Å². The summed E-state index contributed by atoms with van der Waals surface area (Å²) in [6.07, 6.45) is 0.756. The van der Waals surface area contributed by atoms with Crippen LogP contribution in [0.1, 0.15) is 18.3 Å². The molecule has 0 fully saturated rings. The van der Waals surface area contributed by atoms with Crippen LogP contribution in [0.25, 0.3) is 16.7 Å². The Balaban J connectivity index is 1.60. The number of aryl methyl sites for hydroxylation is 2. The van der Waals surface area contributed by atoms with Gasteiger partial charge in [-0.25, -0.2) is 4.98 Å². The van der Waals surface area contributed by atoms with E-state index in [-0.39, 0.29) is 11.7 Å². The maximum absolute atomic E-state index is 12.4. The lowest BCUT2D eigenvalue weighted by Crippen LogP contribution is -2.14. The number of carbonyl (C=O) groups is 1. The summed E-state index contributed by atoms with van der Waals surface area (Å²) in [6.45, 7) is 3.99. The summed E-state index contributed by atoms with van der Waals surface area (Å²) < 4.78 is 2.01. The van der Waals surface area contributed by atoms with Gasteiger partial charge in [-0.3, -0.25) is 9.20 Å². The third-order valence-corrected chi connectivity index (χ3v) is 5.59. The topological polar surface area (TPSA) is 72.2 Å². The van der Waals surface area contributed by atoms with E-state index < -0.39 is 0 Å². The molecule has 0 saturated heterocycles. The van der Waals surface area contributed by atoms with Crippen LogP contribution in [0.5, 0.6) is 0 Å². The van der Waals surface area contributed by atoms with Crippen LogP contribution in [0.2, 0.25) is 5.02 Å². The largest absolute Gasteiger partial charge is 0.324 e. The molecule has 6 nitrogen and oxygen atoms in total. The Hall–Kier alpha value is -2.64. The Labute approximate surface area is 171 Å². The van der Waals surface area contributed by atoms with Gasteiger partial charge >= 0.3 is 0 Å². The van der Waals surface area contributed by atoms with Crippen LogP contribution in [-0.4, -0.2) is 31.2 Å². The van der Waals surface area contributed by atoms with Crippen molar-refractivity contribution in [1.29, 1.82) is 0 Å². The van der Waals surface area contributed by atoms with E-state index in [1.807, 2.05) is 54.6 Å². The number of anilines is 1. The standard InChI is InChI=1S/C20H18ClN5OS/c1-3-17-24-25-19-20(23-15-6-4-5-7-16(15)26(17)19)28-11-18(27)22-14-9-8-12(2)10-13(14)21/h4-10H,3,11H2,1-2H3,(H,22,27). The number of nitrogens with zero attached hydrogens (tertiary/aromatic N) is 4. The van der Waals surface area contributed by atoms with Gasteiger partial charge in [0.25, 0.3) is 0 Å². The number of fused-ring (bicyclic) bond motifs is 3. The minimum atomic E-state index is -0.154. The van der Waals surface area contributed by atoms with E-state index in [1.165, 1.54) is 11.8 Å². The molecular weight excluding hydrogens is 394 g/mol. The highest BCUT2D eigenvalue weighted by Crippen LogP contribution is 2.27. The highest BCUT2D eigenvalue weighted by molar-refractivity contribution is 8.00. The Morgan fingerprint density at radius 2 is 2.04 bits per heavy atom. The Morgan fingerprint density at radius 3 is 2.82 bits per heavy atom. The average molecular weight is 412 g/mol. The lowest BCUT2D eigenvalue weighted by molar-refractivity contribution is -0.113. The first-order valence-electron chi connectivity index (χ1n) is 8.88. The third-order valence-electron chi connectivity index (χ3n) is 4.32. The zero-order chi connectivity index (χ0) is 19.7. The molecule has 2 aromatic carbocycles. The highest BCUT2D eigenvalue weighted by atomic mass is 35.5. The Kier molecular flexibility index (Phi) is 5.19. The SMILES string of the molecule is CCc1nnc2c(SCC(=O)Nc3ccc(C)cc3Cl)nc3ccccc3n12. The molecule has 0 bridgehead atoms. The molecule has 28 heavy (non-hydrogen) atoms. The molecule has 0 saturated carbocycles. The van der Waals surface area contributed by atoms with E-state index in [4.69, 9.17) is 16.6 Å². The van der Waals surface area contributed by atoms with E-state index in [1.54, 1.807) is 6.07 Å². The van der Waals surface area contributed by atoms with Gasteiger partial charge in [-0.05, 0) is 36.8 Å². The first-order valence-corrected chi connectivity index (χ1v) is 10.2. The minimum absolute atomic E-state index is 0.154. The molecule has 0 aliphatic rings. The first-order chi connectivity index (χ1) is 13.6. The molecule has 0 spiro atoms. The highest BCUT2D eigenvalue weighted by Gasteiger charge is 2.16. The maximum Gasteiger partial charge on any atom is 0.234 e. The molecule has 2 aromatic heterocycles. The molecule has 0 atom stereocenters. The number of halogens is 1. The van der Waals surface area contributed by atoms with Crippen molar-refractivity contribution in [3.05, 3.63) is 58.9 Å². The predicted octanol–water partition coefficient (Wildman–Crippen LogP) is 4.53. The molecule has 0 radical (unpaired) electrons. The van der Waals surface area contributed by atoms with Crippen LogP contribution in [-0.2, 0) is 11.2 Å². The second-order valence-electron chi connectivity index (χ2n) is 6.35. The van der Waals surface area contributed by atoms with Crippen molar-refractivity contribution in [3.63, 3.8) is 0 Å². The van der Waals surface area contributed by atoms with E-state index in [0.29, 0.717) is 21.4 Å². The van der Waals surface area contributed by atoms with Crippen LogP contribution in [0.4, 0.5) is 5.69 Å². The van der Waals surface area contributed by atoms with Gasteiger partial charge in [0.05, 0.1) is 27.5 Å². The normalized spacial score (nSPS) is 11.2. The number of hydrogen-bond acceptors (Lipinski definition) is 5. The van der Waals surface area contributed by atoms with E-state index in [2.05, 4.69) is 15.5 Å². The number of nitrogens with one attached hydrogen (secondary N) is 1. The summed E-state index contributed by atoms with van der Waals surface area (Å²) in [5.74, 6) is 0.907. The molecule has 0 unspecified atom stereocenters. The van der Waals surface area contributed by atoms with Gasteiger partial charge in [-0.1, -0.05) is 48.5 Å². The molecule has 4 aromatic rings. The Bertz CT molecular complexity index is 1190. The van der Waals surface area contributed by atoms with Crippen LogP contribution < -0.4 is 5.32 Å². The van der Waals surface area contributed by atoms with Gasteiger partial charge in [-0.15, -0.1) is 10.2 Å². The van der Waals surface area contributed by atoms with E-state index in [9.17, 15) is 4.79 Å². The molecule has 0 aliphatic carbocycles. The number of rotatable bonds is 5. The second-order valence-corrected chi connectivity index (χ2v) is 7.73. The monoisotopic (exact) mass is 411 g/mol. The van der Waals surface area contributed by atoms with Crippen LogP contribution in [0, 0.1) is 6.92 Å². The summed E-state index contributed by atoms with van der Waals surface area (Å²) in [6, 6.07) is 13.4. The molecule has 142 valence electrons. The zero-order valence-corrected chi connectivity index (χ0v) is 17.0. The lowest BCUT2D eigenvalue weighted by Gasteiger charge is -2.09. The van der Waals surface area contributed by atoms with Crippen LogP contribution in [0.15, 0.2) is 47.5 Å². The number of carbonyl (C=O) groups excluding carboxylic acids is 1. The molecule has 2 heterocycles. The van der Waals surface area contributed by atoms with Gasteiger partial charge in [0.1, 0.15) is 10.9 Å². The van der Waals surface area contributed by atoms with Crippen molar-refractivity contribution in [2.24, 2.45) is 0 Å². The van der Waals surface area contributed by atoms with Gasteiger partial charge in [0.15, 0.2) is 5.65 Å². The number of benzene rings is 2. The fourth-order valence-corrected chi connectivity index (χ4v) is 4.03. The van der Waals surface area contributed by atoms with E-state index in [0.717, 1.165) is 28.8 Å². The minimum Gasteiger partial charge on any atom is -0.324 e. The maximum atomic E-state index is 12.4. The van der Waals surface area contributed by atoms with Crippen molar-refractivity contribution < 1.29 is 4.79 Å². The average Bonchev–Trinajstić information content (AvgIpc) is 3.13. The quantitative estimate of drug-likeness (QED) is 0.488. The van der Waals surface area contributed by atoms with Crippen molar-refractivity contribution in [2.45, 2.75) is 25.3 Å². The summed E-state index contributed by atoms with van der Waals surface area (Å²) in [5.41, 5.74) is 4.11. The smallest absolute Gasteiger partial charge is 0.234 e. The van der Waals surface area contributed by atoms with Crippen molar-refractivity contribution >= 4 is 51.6 Å². The van der Waals surface area contributed by atoms with Gasteiger partial charge < -0.3 is 5.32 Å². The predicted molar refractivity (Wildman–Crippen MR) is 113 cm³/mol. The summed E-state index contributed by atoms with van der Waals surface area (Å²) in [5, 5.41) is 12.6. The van der Waals surface area contributed by atoms with Crippen molar-refractivity contribution in [3.8, 4) is 0 Å². The fraction of sp³-hybridized carbons (Fsp3) is 0.200. The van der Waals surface area contributed by atoms with E-state index >= 15 is 0 Å². The van der Waals surface area contributed by atoms with Gasteiger partial charge in [0, 0.05) is 6.42 Å². The van der Waals surface area contributed by atoms with Crippen molar-refractivity contribution in [1.82, 2.24) is 19.6 Å².